The average molecular weight is 298 g/mol. The molecule has 1 unspecified atom stereocenters. The van der Waals surface area contributed by atoms with Gasteiger partial charge in [0, 0.05) is 18.5 Å². The molecular weight excluding hydrogens is 276 g/mol. The molecule has 0 heterocycles. The van der Waals surface area contributed by atoms with Crippen molar-refractivity contribution in [1.82, 2.24) is 0 Å². The first-order valence-electron chi connectivity index (χ1n) is 6.55. The average Bonchev–Trinajstić information content (AvgIpc) is 2.35. The minimum absolute atomic E-state index is 0.131. The Morgan fingerprint density at radius 2 is 1.80 bits per heavy atom. The maximum Gasteiger partial charge on any atom is 0.228 e. The van der Waals surface area contributed by atoms with Crippen LogP contribution in [0.15, 0.2) is 29.2 Å². The second-order valence-electron chi connectivity index (χ2n) is 5.35. The number of rotatable bonds is 6. The summed E-state index contributed by atoms with van der Waals surface area (Å²) in [5, 5.41) is 2.76. The number of hydrogen-bond acceptors (Lipinski definition) is 4. The molecule has 0 saturated carbocycles. The number of hydrogen-bond donors (Lipinski definition) is 2. The Morgan fingerprint density at radius 1 is 1.25 bits per heavy atom. The molecule has 1 aromatic rings. The molecule has 112 valence electrons. The van der Waals surface area contributed by atoms with Crippen LogP contribution in [0.1, 0.15) is 20.3 Å². The highest BCUT2D eigenvalue weighted by atomic mass is 32.2. The lowest BCUT2D eigenvalue weighted by molar-refractivity contribution is -0.120. The molecule has 0 aliphatic heterocycles. The van der Waals surface area contributed by atoms with Gasteiger partial charge in [-0.25, -0.2) is 8.42 Å². The summed E-state index contributed by atoms with van der Waals surface area (Å²) in [6.45, 7) is 4.37. The first-order chi connectivity index (χ1) is 9.24. The Hall–Kier alpha value is -1.40. The van der Waals surface area contributed by atoms with E-state index < -0.39 is 9.84 Å². The van der Waals surface area contributed by atoms with Crippen LogP contribution in [0.4, 0.5) is 5.69 Å². The van der Waals surface area contributed by atoms with E-state index in [9.17, 15) is 13.2 Å². The SMILES string of the molecule is CC(C)CC(CN)C(=O)Nc1ccc(S(C)(=O)=O)cc1. The molecular formula is C14H22N2O3S. The highest BCUT2D eigenvalue weighted by molar-refractivity contribution is 7.90. The first kappa shape index (κ1) is 16.7. The van der Waals surface area contributed by atoms with Crippen LogP contribution in [-0.2, 0) is 14.6 Å². The van der Waals surface area contributed by atoms with Gasteiger partial charge in [-0.1, -0.05) is 13.8 Å². The lowest BCUT2D eigenvalue weighted by Crippen LogP contribution is -2.30. The van der Waals surface area contributed by atoms with Crippen molar-refractivity contribution >= 4 is 21.4 Å². The molecule has 5 nitrogen and oxygen atoms in total. The van der Waals surface area contributed by atoms with Gasteiger partial charge in [-0.15, -0.1) is 0 Å². The maximum absolute atomic E-state index is 12.1. The van der Waals surface area contributed by atoms with Crippen LogP contribution < -0.4 is 11.1 Å². The molecule has 3 N–H and O–H groups in total. The van der Waals surface area contributed by atoms with Gasteiger partial charge in [0.25, 0.3) is 0 Å². The normalized spacial score (nSPS) is 13.2. The van der Waals surface area contributed by atoms with Gasteiger partial charge >= 0.3 is 0 Å². The van der Waals surface area contributed by atoms with E-state index in [2.05, 4.69) is 5.32 Å². The van der Waals surface area contributed by atoms with Crippen molar-refractivity contribution < 1.29 is 13.2 Å². The van der Waals surface area contributed by atoms with Crippen molar-refractivity contribution in [2.24, 2.45) is 17.6 Å². The highest BCUT2D eigenvalue weighted by Gasteiger charge is 2.18. The standard InChI is InChI=1S/C14H22N2O3S/c1-10(2)8-11(9-15)14(17)16-12-4-6-13(7-5-12)20(3,18)19/h4-7,10-11H,8-9,15H2,1-3H3,(H,16,17). The molecule has 0 aliphatic carbocycles. The number of amides is 1. The van der Waals surface area contributed by atoms with E-state index in [1.165, 1.54) is 12.1 Å². The third-order valence-electron chi connectivity index (χ3n) is 2.96. The third kappa shape index (κ3) is 4.94. The molecule has 20 heavy (non-hydrogen) atoms. The summed E-state index contributed by atoms with van der Waals surface area (Å²) in [4.78, 5) is 12.3. The van der Waals surface area contributed by atoms with E-state index >= 15 is 0 Å². The van der Waals surface area contributed by atoms with Gasteiger partial charge in [0.1, 0.15) is 0 Å². The van der Waals surface area contributed by atoms with Crippen molar-refractivity contribution in [3.05, 3.63) is 24.3 Å². The molecule has 1 atom stereocenters. The molecule has 0 radical (unpaired) electrons. The van der Waals surface area contributed by atoms with Gasteiger partial charge < -0.3 is 11.1 Å². The number of sulfone groups is 1. The minimum Gasteiger partial charge on any atom is -0.330 e. The summed E-state index contributed by atoms with van der Waals surface area (Å²) in [7, 11) is -3.22. The molecule has 0 aromatic heterocycles. The van der Waals surface area contributed by atoms with E-state index in [0.717, 1.165) is 12.7 Å². The Morgan fingerprint density at radius 3 is 2.20 bits per heavy atom. The van der Waals surface area contributed by atoms with Crippen molar-refractivity contribution in [2.45, 2.75) is 25.2 Å². The quantitative estimate of drug-likeness (QED) is 0.835. The zero-order valence-electron chi connectivity index (χ0n) is 12.1. The van der Waals surface area contributed by atoms with E-state index in [0.29, 0.717) is 18.2 Å². The van der Waals surface area contributed by atoms with Crippen LogP contribution in [-0.4, -0.2) is 27.1 Å². The largest absolute Gasteiger partial charge is 0.330 e. The Kier molecular flexibility index (Phi) is 5.71. The molecule has 0 saturated heterocycles. The van der Waals surface area contributed by atoms with Crippen LogP contribution in [0.25, 0.3) is 0 Å². The Bertz CT molecular complexity index is 550. The Labute approximate surface area is 120 Å². The molecule has 0 aliphatic rings. The highest BCUT2D eigenvalue weighted by Crippen LogP contribution is 2.17. The summed E-state index contributed by atoms with van der Waals surface area (Å²) in [5.74, 6) is 0.0276. The molecule has 0 spiro atoms. The van der Waals surface area contributed by atoms with E-state index in [4.69, 9.17) is 5.73 Å². The zero-order valence-corrected chi connectivity index (χ0v) is 12.9. The molecule has 0 fully saturated rings. The van der Waals surface area contributed by atoms with E-state index in [1.54, 1.807) is 12.1 Å². The minimum atomic E-state index is -3.22. The van der Waals surface area contributed by atoms with Crippen LogP contribution in [0.3, 0.4) is 0 Å². The maximum atomic E-state index is 12.1. The lowest BCUT2D eigenvalue weighted by atomic mass is 9.96. The lowest BCUT2D eigenvalue weighted by Gasteiger charge is -2.16. The smallest absolute Gasteiger partial charge is 0.228 e. The van der Waals surface area contributed by atoms with Gasteiger partial charge in [0.2, 0.25) is 5.91 Å². The number of nitrogens with two attached hydrogens (primary N) is 1. The predicted octanol–water partition coefficient (Wildman–Crippen LogP) is 1.65. The molecule has 0 bridgehead atoms. The molecule has 1 rings (SSSR count). The van der Waals surface area contributed by atoms with Gasteiger partial charge in [-0.05, 0) is 36.6 Å². The monoisotopic (exact) mass is 298 g/mol. The summed E-state index contributed by atoms with van der Waals surface area (Å²) in [5.41, 5.74) is 6.19. The van der Waals surface area contributed by atoms with Crippen LogP contribution in [0, 0.1) is 11.8 Å². The van der Waals surface area contributed by atoms with Crippen molar-refractivity contribution in [1.29, 1.82) is 0 Å². The Balaban J connectivity index is 2.75. The second-order valence-corrected chi connectivity index (χ2v) is 7.36. The van der Waals surface area contributed by atoms with Crippen LogP contribution in [0.2, 0.25) is 0 Å². The van der Waals surface area contributed by atoms with Crippen molar-refractivity contribution in [3.63, 3.8) is 0 Å². The fourth-order valence-electron chi connectivity index (χ4n) is 1.91. The first-order valence-corrected chi connectivity index (χ1v) is 8.44. The van der Waals surface area contributed by atoms with Gasteiger partial charge in [-0.3, -0.25) is 4.79 Å². The molecule has 1 aromatic carbocycles. The fraction of sp³-hybridized carbons (Fsp3) is 0.500. The van der Waals surface area contributed by atoms with Crippen LogP contribution in [0.5, 0.6) is 0 Å². The van der Waals surface area contributed by atoms with Crippen molar-refractivity contribution in [2.75, 3.05) is 18.1 Å². The summed E-state index contributed by atoms with van der Waals surface area (Å²) >= 11 is 0. The van der Waals surface area contributed by atoms with Gasteiger partial charge in [0.05, 0.1) is 10.8 Å². The fourth-order valence-corrected chi connectivity index (χ4v) is 2.54. The molecule has 1 amide bonds. The number of benzene rings is 1. The summed E-state index contributed by atoms with van der Waals surface area (Å²) < 4.78 is 22.7. The third-order valence-corrected chi connectivity index (χ3v) is 4.09. The van der Waals surface area contributed by atoms with Gasteiger partial charge in [0.15, 0.2) is 9.84 Å². The number of carbonyl (C=O) groups excluding carboxylic acids is 1. The molecule has 6 heteroatoms. The number of carbonyl (C=O) groups is 1. The second kappa shape index (κ2) is 6.85. The van der Waals surface area contributed by atoms with E-state index in [1.807, 2.05) is 13.8 Å². The number of anilines is 1. The number of nitrogens with one attached hydrogen (secondary N) is 1. The predicted molar refractivity (Wildman–Crippen MR) is 80.2 cm³/mol. The zero-order chi connectivity index (χ0) is 15.3. The topological polar surface area (TPSA) is 89.3 Å². The summed E-state index contributed by atoms with van der Waals surface area (Å²) in [6, 6.07) is 6.12. The van der Waals surface area contributed by atoms with Gasteiger partial charge in [-0.2, -0.15) is 0 Å². The van der Waals surface area contributed by atoms with Crippen LogP contribution >= 0.6 is 0 Å². The van der Waals surface area contributed by atoms with Crippen molar-refractivity contribution in [3.8, 4) is 0 Å². The van der Waals surface area contributed by atoms with E-state index in [-0.39, 0.29) is 16.7 Å². The summed E-state index contributed by atoms with van der Waals surface area (Å²) in [6.07, 6.45) is 1.87.